The van der Waals surface area contributed by atoms with Gasteiger partial charge < -0.3 is 20.5 Å². The van der Waals surface area contributed by atoms with Gasteiger partial charge in [0.05, 0.1) is 0 Å². The molecule has 1 aromatic carbocycles. The normalized spacial score (nSPS) is 13.9. The van der Waals surface area contributed by atoms with Crippen LogP contribution in [-0.4, -0.2) is 25.4 Å². The molecule has 0 saturated carbocycles. The van der Waals surface area contributed by atoms with Gasteiger partial charge in [0.15, 0.2) is 11.5 Å². The van der Waals surface area contributed by atoms with Crippen LogP contribution in [0.3, 0.4) is 0 Å². The third-order valence-electron chi connectivity index (χ3n) is 3.35. The molecule has 4 nitrogen and oxygen atoms in total. The van der Waals surface area contributed by atoms with E-state index in [0.717, 1.165) is 37.4 Å². The summed E-state index contributed by atoms with van der Waals surface area (Å²) < 4.78 is 10.8. The molecule has 1 aromatic rings. The second kappa shape index (κ2) is 5.80. The van der Waals surface area contributed by atoms with Crippen molar-refractivity contribution in [2.45, 2.75) is 39.2 Å². The maximum Gasteiger partial charge on any atom is 0.231 e. The average molecular weight is 264 g/mol. The van der Waals surface area contributed by atoms with Crippen LogP contribution in [0.2, 0.25) is 0 Å². The lowest BCUT2D eigenvalue weighted by molar-refractivity contribution is 0.174. The number of hydrogen-bond acceptors (Lipinski definition) is 4. The van der Waals surface area contributed by atoms with Crippen LogP contribution in [0.1, 0.15) is 31.4 Å². The molecule has 0 aromatic heterocycles. The summed E-state index contributed by atoms with van der Waals surface area (Å²) in [5.41, 5.74) is 8.41. The Balaban J connectivity index is 1.80. The van der Waals surface area contributed by atoms with E-state index in [1.54, 1.807) is 0 Å². The number of nitrogens with one attached hydrogen (secondary N) is 1. The Morgan fingerprint density at radius 1 is 1.21 bits per heavy atom. The van der Waals surface area contributed by atoms with Crippen LogP contribution in [0, 0.1) is 6.92 Å². The summed E-state index contributed by atoms with van der Waals surface area (Å²) in [7, 11) is 0. The Bertz CT molecular complexity index is 439. The molecule has 2 rings (SSSR count). The first-order valence-electron chi connectivity index (χ1n) is 6.84. The third-order valence-corrected chi connectivity index (χ3v) is 3.35. The molecule has 0 bridgehead atoms. The largest absolute Gasteiger partial charge is 0.454 e. The molecule has 0 aliphatic carbocycles. The molecule has 0 saturated heterocycles. The standard InChI is InChI=1S/C15H24N2O2/c1-11-8-13-14(19-10-18-13)9-12(11)4-6-17-7-5-15(2,3)16/h8-9,17H,4-7,10,16H2,1-3H3. The molecule has 106 valence electrons. The number of benzene rings is 1. The zero-order chi connectivity index (χ0) is 13.9. The lowest BCUT2D eigenvalue weighted by Gasteiger charge is -2.18. The highest BCUT2D eigenvalue weighted by molar-refractivity contribution is 5.48. The number of aryl methyl sites for hydroxylation is 1. The van der Waals surface area contributed by atoms with Gasteiger partial charge >= 0.3 is 0 Å². The maximum absolute atomic E-state index is 5.94. The zero-order valence-corrected chi connectivity index (χ0v) is 12.1. The molecule has 0 amide bonds. The number of ether oxygens (including phenoxy) is 2. The van der Waals surface area contributed by atoms with Crippen molar-refractivity contribution in [3.05, 3.63) is 23.3 Å². The van der Waals surface area contributed by atoms with Crippen LogP contribution in [-0.2, 0) is 6.42 Å². The van der Waals surface area contributed by atoms with Gasteiger partial charge in [0.1, 0.15) is 0 Å². The Morgan fingerprint density at radius 3 is 2.58 bits per heavy atom. The molecule has 4 heteroatoms. The minimum Gasteiger partial charge on any atom is -0.454 e. The quantitative estimate of drug-likeness (QED) is 0.771. The van der Waals surface area contributed by atoms with E-state index in [0.29, 0.717) is 6.79 Å². The van der Waals surface area contributed by atoms with Crippen LogP contribution in [0.5, 0.6) is 11.5 Å². The van der Waals surface area contributed by atoms with Crippen molar-refractivity contribution in [3.8, 4) is 11.5 Å². The predicted molar refractivity (Wildman–Crippen MR) is 76.8 cm³/mol. The van der Waals surface area contributed by atoms with Gasteiger partial charge in [-0.2, -0.15) is 0 Å². The van der Waals surface area contributed by atoms with Crippen molar-refractivity contribution in [3.63, 3.8) is 0 Å². The summed E-state index contributed by atoms with van der Waals surface area (Å²) >= 11 is 0. The summed E-state index contributed by atoms with van der Waals surface area (Å²) in [6.45, 7) is 8.46. The second-order valence-corrected chi connectivity index (χ2v) is 5.87. The molecule has 0 unspecified atom stereocenters. The van der Waals surface area contributed by atoms with Gasteiger partial charge in [-0.25, -0.2) is 0 Å². The Morgan fingerprint density at radius 2 is 1.89 bits per heavy atom. The molecule has 0 fully saturated rings. The van der Waals surface area contributed by atoms with Gasteiger partial charge in [-0.15, -0.1) is 0 Å². The van der Waals surface area contributed by atoms with Crippen molar-refractivity contribution < 1.29 is 9.47 Å². The third kappa shape index (κ3) is 4.11. The van der Waals surface area contributed by atoms with Crippen molar-refractivity contribution >= 4 is 0 Å². The van der Waals surface area contributed by atoms with Crippen LogP contribution < -0.4 is 20.5 Å². The predicted octanol–water partition coefficient (Wildman–Crippen LogP) is 1.98. The summed E-state index contributed by atoms with van der Waals surface area (Å²) in [5.74, 6) is 1.72. The van der Waals surface area contributed by atoms with E-state index in [4.69, 9.17) is 15.2 Å². The van der Waals surface area contributed by atoms with E-state index in [-0.39, 0.29) is 5.54 Å². The van der Waals surface area contributed by atoms with Crippen LogP contribution >= 0.6 is 0 Å². The van der Waals surface area contributed by atoms with Crippen molar-refractivity contribution in [1.82, 2.24) is 5.32 Å². The first-order chi connectivity index (χ1) is 8.96. The van der Waals surface area contributed by atoms with Crippen molar-refractivity contribution in [1.29, 1.82) is 0 Å². The lowest BCUT2D eigenvalue weighted by Crippen LogP contribution is -2.36. The Labute approximate surface area is 115 Å². The van der Waals surface area contributed by atoms with E-state index in [1.165, 1.54) is 11.1 Å². The van der Waals surface area contributed by atoms with Gasteiger partial charge in [-0.05, 0) is 70.0 Å². The molecular formula is C15H24N2O2. The zero-order valence-electron chi connectivity index (χ0n) is 12.1. The van der Waals surface area contributed by atoms with Crippen molar-refractivity contribution in [2.24, 2.45) is 5.73 Å². The molecule has 1 aliphatic rings. The summed E-state index contributed by atoms with van der Waals surface area (Å²) in [6.07, 6.45) is 1.97. The molecule has 1 aliphatic heterocycles. The van der Waals surface area contributed by atoms with E-state index < -0.39 is 0 Å². The van der Waals surface area contributed by atoms with E-state index in [1.807, 2.05) is 0 Å². The smallest absolute Gasteiger partial charge is 0.231 e. The van der Waals surface area contributed by atoms with Gasteiger partial charge in [0.2, 0.25) is 6.79 Å². The van der Waals surface area contributed by atoms with Gasteiger partial charge in [0.25, 0.3) is 0 Å². The first kappa shape index (κ1) is 14.2. The van der Waals surface area contributed by atoms with Gasteiger partial charge in [-0.3, -0.25) is 0 Å². The topological polar surface area (TPSA) is 56.5 Å². The monoisotopic (exact) mass is 264 g/mol. The van der Waals surface area contributed by atoms with Crippen LogP contribution in [0.25, 0.3) is 0 Å². The van der Waals surface area contributed by atoms with Gasteiger partial charge in [0, 0.05) is 5.54 Å². The molecule has 0 spiro atoms. The van der Waals surface area contributed by atoms with Gasteiger partial charge in [-0.1, -0.05) is 0 Å². The maximum atomic E-state index is 5.94. The highest BCUT2D eigenvalue weighted by atomic mass is 16.7. The Hall–Kier alpha value is -1.26. The number of rotatable bonds is 6. The average Bonchev–Trinajstić information content (AvgIpc) is 2.74. The minimum atomic E-state index is -0.0956. The molecule has 19 heavy (non-hydrogen) atoms. The number of fused-ring (bicyclic) bond motifs is 1. The highest BCUT2D eigenvalue weighted by Crippen LogP contribution is 2.34. The number of nitrogens with two attached hydrogens (primary N) is 1. The lowest BCUT2D eigenvalue weighted by atomic mass is 10.0. The molecule has 3 N–H and O–H groups in total. The SMILES string of the molecule is Cc1cc2c(cc1CCNCCC(C)(C)N)OCO2. The first-order valence-corrected chi connectivity index (χ1v) is 6.84. The summed E-state index contributed by atoms with van der Waals surface area (Å²) in [5, 5.41) is 3.43. The molecule has 1 heterocycles. The summed E-state index contributed by atoms with van der Waals surface area (Å²) in [4.78, 5) is 0. The molecular weight excluding hydrogens is 240 g/mol. The molecule has 0 radical (unpaired) electrons. The fourth-order valence-corrected chi connectivity index (χ4v) is 2.11. The molecule has 0 atom stereocenters. The van der Waals surface area contributed by atoms with E-state index in [2.05, 4.69) is 38.2 Å². The van der Waals surface area contributed by atoms with Crippen LogP contribution in [0.15, 0.2) is 12.1 Å². The van der Waals surface area contributed by atoms with E-state index >= 15 is 0 Å². The fourth-order valence-electron chi connectivity index (χ4n) is 2.11. The minimum absolute atomic E-state index is 0.0956. The summed E-state index contributed by atoms with van der Waals surface area (Å²) in [6, 6.07) is 4.15. The van der Waals surface area contributed by atoms with Crippen molar-refractivity contribution in [2.75, 3.05) is 19.9 Å². The van der Waals surface area contributed by atoms with Crippen LogP contribution in [0.4, 0.5) is 0 Å². The second-order valence-electron chi connectivity index (χ2n) is 5.87. The number of hydrogen-bond donors (Lipinski definition) is 2. The highest BCUT2D eigenvalue weighted by Gasteiger charge is 2.15. The Kier molecular flexibility index (Phi) is 4.32. The van der Waals surface area contributed by atoms with E-state index in [9.17, 15) is 0 Å². The fraction of sp³-hybridized carbons (Fsp3) is 0.600.